The predicted molar refractivity (Wildman–Crippen MR) is 94.2 cm³/mol. The van der Waals surface area contributed by atoms with E-state index in [0.29, 0.717) is 5.13 Å². The average Bonchev–Trinajstić information content (AvgIpc) is 3.00. The molecule has 7 nitrogen and oxygen atoms in total. The third-order valence-corrected chi connectivity index (χ3v) is 4.89. The number of aryl methyl sites for hydroxylation is 1. The number of anilines is 1. The minimum atomic E-state index is -0.193. The molecule has 0 unspecified atom stereocenters. The summed E-state index contributed by atoms with van der Waals surface area (Å²) < 4.78 is 0. The van der Waals surface area contributed by atoms with Crippen molar-refractivity contribution in [1.82, 2.24) is 25.4 Å². The van der Waals surface area contributed by atoms with Crippen LogP contribution in [-0.4, -0.2) is 51.8 Å². The number of carbonyl (C=O) groups is 1. The quantitative estimate of drug-likeness (QED) is 0.866. The monoisotopic (exact) mass is 346 g/mol. The Labute approximate surface area is 145 Å². The van der Waals surface area contributed by atoms with E-state index >= 15 is 0 Å². The molecular weight excluding hydrogens is 324 g/mol. The van der Waals surface area contributed by atoms with E-state index in [1.54, 1.807) is 0 Å². The van der Waals surface area contributed by atoms with Gasteiger partial charge in [0.05, 0.1) is 0 Å². The molecule has 3 heterocycles. The number of pyridine rings is 1. The topological polar surface area (TPSA) is 83.0 Å². The lowest BCUT2D eigenvalue weighted by Crippen LogP contribution is -2.46. The number of hydrogen-bond donors (Lipinski definition) is 2. The van der Waals surface area contributed by atoms with Gasteiger partial charge in [-0.25, -0.2) is 4.79 Å². The fourth-order valence-electron chi connectivity index (χ4n) is 2.80. The van der Waals surface area contributed by atoms with Crippen LogP contribution in [0.5, 0.6) is 0 Å². The molecule has 128 valence electrons. The van der Waals surface area contributed by atoms with Crippen molar-refractivity contribution < 1.29 is 4.79 Å². The van der Waals surface area contributed by atoms with Gasteiger partial charge in [-0.2, -0.15) is 0 Å². The van der Waals surface area contributed by atoms with Crippen molar-refractivity contribution in [2.75, 3.05) is 25.0 Å². The fourth-order valence-corrected chi connectivity index (χ4v) is 3.39. The predicted octanol–water partition coefficient (Wildman–Crippen LogP) is 2.07. The van der Waals surface area contributed by atoms with Crippen LogP contribution < -0.4 is 10.6 Å². The Balaban J connectivity index is 1.36. The molecule has 0 saturated carbocycles. The molecular formula is C16H22N6OS. The second kappa shape index (κ2) is 8.16. The Morgan fingerprint density at radius 1 is 1.29 bits per heavy atom. The van der Waals surface area contributed by atoms with E-state index in [1.807, 2.05) is 19.3 Å². The zero-order valence-corrected chi connectivity index (χ0v) is 14.6. The molecule has 1 aliphatic rings. The molecule has 24 heavy (non-hydrogen) atoms. The highest BCUT2D eigenvalue weighted by Gasteiger charge is 2.20. The smallest absolute Gasteiger partial charge is 0.321 e. The summed E-state index contributed by atoms with van der Waals surface area (Å²) in [4.78, 5) is 18.5. The second-order valence-electron chi connectivity index (χ2n) is 5.95. The van der Waals surface area contributed by atoms with Gasteiger partial charge in [0.25, 0.3) is 0 Å². The first-order chi connectivity index (χ1) is 11.7. The fraction of sp³-hybridized carbons (Fsp3) is 0.500. The van der Waals surface area contributed by atoms with Gasteiger partial charge in [-0.1, -0.05) is 11.3 Å². The Bertz CT molecular complexity index is 654. The summed E-state index contributed by atoms with van der Waals surface area (Å²) in [6.45, 7) is 4.93. The molecule has 0 atom stereocenters. The molecule has 2 aromatic rings. The standard InChI is InChI=1S/C16H22N6OS/c1-12-20-21-16(24-12)19-15(23)18-14-5-10-22(11-6-14)9-4-13-2-7-17-8-3-13/h2-3,7-8,14H,4-6,9-11H2,1H3,(H2,18,19,21,23). The maximum Gasteiger partial charge on any atom is 0.321 e. The number of aromatic nitrogens is 3. The number of nitrogens with zero attached hydrogens (tertiary/aromatic N) is 4. The molecule has 1 fully saturated rings. The first kappa shape index (κ1) is 16.8. The molecule has 0 spiro atoms. The average molecular weight is 346 g/mol. The van der Waals surface area contributed by atoms with Gasteiger partial charge in [-0.3, -0.25) is 10.3 Å². The molecule has 2 aromatic heterocycles. The van der Waals surface area contributed by atoms with Crippen molar-refractivity contribution in [2.24, 2.45) is 0 Å². The van der Waals surface area contributed by atoms with E-state index in [1.165, 1.54) is 16.9 Å². The molecule has 0 aliphatic carbocycles. The van der Waals surface area contributed by atoms with E-state index < -0.39 is 0 Å². The van der Waals surface area contributed by atoms with Crippen molar-refractivity contribution in [3.8, 4) is 0 Å². The molecule has 0 radical (unpaired) electrons. The Morgan fingerprint density at radius 2 is 2.04 bits per heavy atom. The summed E-state index contributed by atoms with van der Waals surface area (Å²) in [6, 6.07) is 4.15. The molecule has 0 bridgehead atoms. The minimum Gasteiger partial charge on any atom is -0.335 e. The molecule has 0 aromatic carbocycles. The normalized spacial score (nSPS) is 16.0. The van der Waals surface area contributed by atoms with Crippen LogP contribution in [0.15, 0.2) is 24.5 Å². The van der Waals surface area contributed by atoms with Crippen LogP contribution >= 0.6 is 11.3 Å². The van der Waals surface area contributed by atoms with Gasteiger partial charge < -0.3 is 10.2 Å². The summed E-state index contributed by atoms with van der Waals surface area (Å²) >= 11 is 1.38. The SMILES string of the molecule is Cc1nnc(NC(=O)NC2CCN(CCc3ccncc3)CC2)s1. The first-order valence-electron chi connectivity index (χ1n) is 8.18. The van der Waals surface area contributed by atoms with Crippen molar-refractivity contribution in [3.05, 3.63) is 35.1 Å². The number of likely N-dealkylation sites (tertiary alicyclic amines) is 1. The molecule has 8 heteroatoms. The van der Waals surface area contributed by atoms with E-state index in [-0.39, 0.29) is 12.1 Å². The van der Waals surface area contributed by atoms with Crippen molar-refractivity contribution >= 4 is 22.5 Å². The third kappa shape index (κ3) is 4.97. The minimum absolute atomic E-state index is 0.193. The van der Waals surface area contributed by atoms with Gasteiger partial charge in [0.15, 0.2) is 0 Å². The summed E-state index contributed by atoms with van der Waals surface area (Å²) in [7, 11) is 0. The van der Waals surface area contributed by atoms with Crippen molar-refractivity contribution in [1.29, 1.82) is 0 Å². The van der Waals surface area contributed by atoms with Gasteiger partial charge in [0, 0.05) is 38.1 Å². The van der Waals surface area contributed by atoms with Crippen LogP contribution in [0.3, 0.4) is 0 Å². The Hall–Kier alpha value is -2.06. The number of carbonyl (C=O) groups excluding carboxylic acids is 1. The van der Waals surface area contributed by atoms with Crippen molar-refractivity contribution in [2.45, 2.75) is 32.2 Å². The molecule has 2 N–H and O–H groups in total. The van der Waals surface area contributed by atoms with Crippen LogP contribution in [-0.2, 0) is 6.42 Å². The van der Waals surface area contributed by atoms with Gasteiger partial charge in [-0.15, -0.1) is 10.2 Å². The Morgan fingerprint density at radius 3 is 2.71 bits per heavy atom. The molecule has 3 rings (SSSR count). The maximum absolute atomic E-state index is 12.0. The van der Waals surface area contributed by atoms with Crippen LogP contribution in [0.2, 0.25) is 0 Å². The van der Waals surface area contributed by atoms with Gasteiger partial charge in [0.1, 0.15) is 5.01 Å². The number of hydrogen-bond acceptors (Lipinski definition) is 6. The third-order valence-electron chi connectivity index (χ3n) is 4.14. The zero-order chi connectivity index (χ0) is 16.8. The summed E-state index contributed by atoms with van der Waals surface area (Å²) in [5, 5.41) is 14.9. The highest BCUT2D eigenvalue weighted by Crippen LogP contribution is 2.14. The second-order valence-corrected chi connectivity index (χ2v) is 7.13. The van der Waals surface area contributed by atoms with E-state index in [2.05, 4.69) is 42.8 Å². The number of amides is 2. The number of nitrogens with one attached hydrogen (secondary N) is 2. The summed E-state index contributed by atoms with van der Waals surface area (Å²) in [5.74, 6) is 0. The van der Waals surface area contributed by atoms with Crippen molar-refractivity contribution in [3.63, 3.8) is 0 Å². The zero-order valence-electron chi connectivity index (χ0n) is 13.7. The van der Waals surface area contributed by atoms with Gasteiger partial charge in [0.2, 0.25) is 5.13 Å². The Kier molecular flexibility index (Phi) is 5.71. The van der Waals surface area contributed by atoms with E-state index in [9.17, 15) is 4.79 Å². The lowest BCUT2D eigenvalue weighted by Gasteiger charge is -2.32. The van der Waals surface area contributed by atoms with Gasteiger partial charge >= 0.3 is 6.03 Å². The first-order valence-corrected chi connectivity index (χ1v) is 8.99. The number of piperidine rings is 1. The van der Waals surface area contributed by atoms with Crippen LogP contribution in [0.4, 0.5) is 9.93 Å². The van der Waals surface area contributed by atoms with Crippen LogP contribution in [0.25, 0.3) is 0 Å². The highest BCUT2D eigenvalue weighted by molar-refractivity contribution is 7.15. The summed E-state index contributed by atoms with van der Waals surface area (Å²) in [5.41, 5.74) is 1.32. The van der Waals surface area contributed by atoms with E-state index in [4.69, 9.17) is 0 Å². The molecule has 1 saturated heterocycles. The maximum atomic E-state index is 12.0. The molecule has 2 amide bonds. The number of urea groups is 1. The van der Waals surface area contributed by atoms with E-state index in [0.717, 1.165) is 43.9 Å². The highest BCUT2D eigenvalue weighted by atomic mass is 32.1. The van der Waals surface area contributed by atoms with Gasteiger partial charge in [-0.05, 0) is 43.9 Å². The number of rotatable bonds is 5. The van der Waals surface area contributed by atoms with Crippen LogP contribution in [0.1, 0.15) is 23.4 Å². The lowest BCUT2D eigenvalue weighted by atomic mass is 10.0. The van der Waals surface area contributed by atoms with Crippen LogP contribution in [0, 0.1) is 6.92 Å². The molecule has 1 aliphatic heterocycles. The lowest BCUT2D eigenvalue weighted by molar-refractivity contribution is 0.197. The summed E-state index contributed by atoms with van der Waals surface area (Å²) in [6.07, 6.45) is 6.66. The largest absolute Gasteiger partial charge is 0.335 e.